The van der Waals surface area contributed by atoms with Crippen LogP contribution in [0.15, 0.2) is 188 Å². The number of rotatable bonds is 10. The number of H-pyrrole nitrogens is 2. The zero-order valence-electron chi connectivity index (χ0n) is 38.7. The summed E-state index contributed by atoms with van der Waals surface area (Å²) in [5, 5.41) is 11.7. The molecule has 0 bridgehead atoms. The van der Waals surface area contributed by atoms with E-state index in [0.29, 0.717) is 17.4 Å². The summed E-state index contributed by atoms with van der Waals surface area (Å²) in [4.78, 5) is 37.1. The predicted molar refractivity (Wildman–Crippen MR) is 288 cm³/mol. The maximum atomic E-state index is 5.33. The Hall–Kier alpha value is -9.88. The Kier molecular flexibility index (Phi) is 8.66. The normalized spacial score (nSPS) is 13.5. The molecule has 342 valence electrons. The highest BCUT2D eigenvalue weighted by Gasteiger charge is 2.31. The highest BCUT2D eigenvalue weighted by Crippen LogP contribution is 2.46. The molecule has 0 spiro atoms. The third-order valence-electron chi connectivity index (χ3n) is 14.3. The van der Waals surface area contributed by atoms with Crippen molar-refractivity contribution in [1.82, 2.24) is 48.4 Å². The van der Waals surface area contributed by atoms with Crippen molar-refractivity contribution in [2.24, 2.45) is 4.99 Å². The van der Waals surface area contributed by atoms with Crippen LogP contribution in [0.2, 0.25) is 0 Å². The average Bonchev–Trinajstić information content (AvgIpc) is 4.29. The van der Waals surface area contributed by atoms with Gasteiger partial charge in [-0.2, -0.15) is 4.98 Å². The van der Waals surface area contributed by atoms with Gasteiger partial charge in [-0.3, -0.25) is 9.56 Å². The lowest BCUT2D eigenvalue weighted by Crippen LogP contribution is -2.12. The molecule has 1 unspecified atom stereocenters. The molecular formula is C59H41N13. The van der Waals surface area contributed by atoms with Gasteiger partial charge in [-0.15, -0.1) is 0 Å². The van der Waals surface area contributed by atoms with Gasteiger partial charge in [0.2, 0.25) is 11.6 Å². The van der Waals surface area contributed by atoms with E-state index in [4.69, 9.17) is 29.9 Å². The van der Waals surface area contributed by atoms with Crippen LogP contribution >= 0.6 is 0 Å². The molecular weight excluding hydrogens is 891 g/mol. The second-order valence-corrected chi connectivity index (χ2v) is 18.5. The van der Waals surface area contributed by atoms with Crippen LogP contribution in [0.3, 0.4) is 0 Å². The molecule has 0 aliphatic carbocycles. The van der Waals surface area contributed by atoms with Gasteiger partial charge in [-0.25, -0.2) is 24.3 Å². The average molecular weight is 932 g/mol. The summed E-state index contributed by atoms with van der Waals surface area (Å²) in [6, 6.07) is 55.5. The number of aliphatic imine (C=N–C) groups is 1. The molecule has 0 saturated carbocycles. The monoisotopic (exact) mass is 931 g/mol. The van der Waals surface area contributed by atoms with E-state index in [1.54, 1.807) is 6.33 Å². The second kappa shape index (κ2) is 15.6. The van der Waals surface area contributed by atoms with Crippen molar-refractivity contribution < 1.29 is 0 Å². The third kappa shape index (κ3) is 6.13. The number of para-hydroxylation sites is 2. The van der Waals surface area contributed by atoms with Gasteiger partial charge < -0.3 is 25.2 Å². The second-order valence-electron chi connectivity index (χ2n) is 18.5. The van der Waals surface area contributed by atoms with E-state index in [-0.39, 0.29) is 5.92 Å². The smallest absolute Gasteiger partial charge is 0.240 e. The fraction of sp³-hybridized carbons (Fsp3) is 0.0508. The number of hydrogen-bond acceptors (Lipinski definition) is 8. The number of aromatic nitrogens is 10. The van der Waals surface area contributed by atoms with E-state index in [9.17, 15) is 0 Å². The summed E-state index contributed by atoms with van der Waals surface area (Å²) in [6.07, 6.45) is 10.0. The molecule has 72 heavy (non-hydrogen) atoms. The summed E-state index contributed by atoms with van der Waals surface area (Å²) in [5.41, 5.74) is 16.5. The Morgan fingerprint density at radius 2 is 1.29 bits per heavy atom. The van der Waals surface area contributed by atoms with Crippen molar-refractivity contribution in [1.29, 1.82) is 0 Å². The van der Waals surface area contributed by atoms with Gasteiger partial charge in [0.1, 0.15) is 24.3 Å². The fourth-order valence-electron chi connectivity index (χ4n) is 11.2. The molecule has 0 amide bonds. The Labute approximate surface area is 410 Å². The van der Waals surface area contributed by atoms with E-state index in [0.717, 1.165) is 96.0 Å². The van der Waals surface area contributed by atoms with Gasteiger partial charge in [0.15, 0.2) is 5.82 Å². The maximum Gasteiger partial charge on any atom is 0.240 e. The molecule has 8 heterocycles. The van der Waals surface area contributed by atoms with E-state index in [1.165, 1.54) is 33.0 Å². The Balaban J connectivity index is 0.889. The quantitative estimate of drug-likeness (QED) is 0.107. The van der Waals surface area contributed by atoms with Crippen molar-refractivity contribution in [2.75, 3.05) is 10.6 Å². The van der Waals surface area contributed by atoms with Crippen LogP contribution in [-0.4, -0.2) is 54.6 Å². The summed E-state index contributed by atoms with van der Waals surface area (Å²) < 4.78 is 6.36. The fourth-order valence-corrected chi connectivity index (χ4v) is 11.2. The maximum absolute atomic E-state index is 5.33. The first-order valence-corrected chi connectivity index (χ1v) is 24.0. The van der Waals surface area contributed by atoms with Crippen molar-refractivity contribution in [3.8, 4) is 22.6 Å². The molecule has 1 aliphatic rings. The van der Waals surface area contributed by atoms with Gasteiger partial charge in [0, 0.05) is 51.4 Å². The zero-order valence-corrected chi connectivity index (χ0v) is 38.7. The van der Waals surface area contributed by atoms with Gasteiger partial charge in [-0.05, 0) is 108 Å². The molecule has 0 radical (unpaired) electrons. The van der Waals surface area contributed by atoms with Crippen molar-refractivity contribution >= 4 is 95.6 Å². The van der Waals surface area contributed by atoms with E-state index in [1.807, 2.05) is 53.6 Å². The number of nitrogens with one attached hydrogen (secondary N) is 4. The predicted octanol–water partition coefficient (Wildman–Crippen LogP) is 13.3. The summed E-state index contributed by atoms with van der Waals surface area (Å²) in [6.45, 7) is 2.17. The minimum absolute atomic E-state index is 0.295. The number of anilines is 4. The van der Waals surface area contributed by atoms with Crippen molar-refractivity contribution in [2.45, 2.75) is 19.3 Å². The minimum atomic E-state index is -0.295. The number of benzene rings is 6. The Bertz CT molecular complexity index is 4410. The minimum Gasteiger partial charge on any atom is -0.348 e. The van der Waals surface area contributed by atoms with E-state index < -0.39 is 0 Å². The number of aromatic amines is 2. The van der Waals surface area contributed by atoms with Crippen LogP contribution in [-0.2, 0) is 6.42 Å². The van der Waals surface area contributed by atoms with Crippen molar-refractivity contribution in [3.63, 3.8) is 0 Å². The Morgan fingerprint density at radius 3 is 2.06 bits per heavy atom. The van der Waals surface area contributed by atoms with Crippen LogP contribution in [0.5, 0.6) is 0 Å². The highest BCUT2D eigenvalue weighted by molar-refractivity contribution is 6.10. The first-order chi connectivity index (χ1) is 35.6. The topological polar surface area (TPSA) is 147 Å². The number of aryl methyl sites for hydroxylation is 1. The van der Waals surface area contributed by atoms with Gasteiger partial charge in [0.05, 0.1) is 56.3 Å². The Morgan fingerprint density at radius 1 is 0.597 bits per heavy atom. The molecule has 15 rings (SSSR count). The molecule has 0 saturated heterocycles. The van der Waals surface area contributed by atoms with E-state index in [2.05, 4.69) is 170 Å². The van der Waals surface area contributed by atoms with Gasteiger partial charge >= 0.3 is 0 Å². The molecule has 1 atom stereocenters. The van der Waals surface area contributed by atoms with Crippen LogP contribution in [0, 0.1) is 6.92 Å². The van der Waals surface area contributed by atoms with Gasteiger partial charge in [-0.1, -0.05) is 91.0 Å². The molecule has 7 aromatic carbocycles. The molecule has 14 aromatic rings. The molecule has 13 nitrogen and oxygen atoms in total. The molecule has 0 fully saturated rings. The van der Waals surface area contributed by atoms with Crippen LogP contribution in [0.4, 0.5) is 28.7 Å². The third-order valence-corrected chi connectivity index (χ3v) is 14.3. The van der Waals surface area contributed by atoms with Crippen LogP contribution < -0.4 is 10.6 Å². The summed E-state index contributed by atoms with van der Waals surface area (Å²) >= 11 is 0. The van der Waals surface area contributed by atoms with Crippen LogP contribution in [0.25, 0.3) is 83.3 Å². The SMILES string of the molecule is Cc1ccccc1-c1ccccc1Cc1cc2c(c(Nc3ccc[nH]3)c1)C(c1nc3ncnc4nc(-n5cnc6cc(-n7c8ccccc8c8ccccc87)cc(Nc7ccc[nH]7)c65)c5ccc1c5n34)C=N2. The molecule has 4 N–H and O–H groups in total. The van der Waals surface area contributed by atoms with Crippen molar-refractivity contribution in [3.05, 3.63) is 211 Å². The highest BCUT2D eigenvalue weighted by atomic mass is 15.2. The molecule has 13 heteroatoms. The zero-order chi connectivity index (χ0) is 47.4. The summed E-state index contributed by atoms with van der Waals surface area (Å²) in [5.74, 6) is 3.11. The van der Waals surface area contributed by atoms with Crippen LogP contribution in [0.1, 0.15) is 33.9 Å². The van der Waals surface area contributed by atoms with Gasteiger partial charge in [0.25, 0.3) is 0 Å². The molecule has 1 aliphatic heterocycles. The molecule has 7 aromatic heterocycles. The van der Waals surface area contributed by atoms with E-state index >= 15 is 0 Å². The summed E-state index contributed by atoms with van der Waals surface area (Å²) in [7, 11) is 0. The first-order valence-electron chi connectivity index (χ1n) is 24.0. The standard InChI is InChI=1S/C59H41N13/c1-34-12-2-4-14-38(34)39-15-5-3-13-36(39)26-35-27-45-53(46(28-35)66-51-20-10-24-60-51)44(31-62-45)54-42-22-23-43-55(42)72-58(68-54)63-32-64-59(72)69-57(43)70-33-65-47-29-37(30-48(56(47)70)67-52-21-11-25-61-52)71-49-18-8-6-16-40(49)41-17-7-9-19-50(41)71/h2-25,27-33,44,60-61,66-67H,26H2,1H3. The first kappa shape index (κ1) is 40.0. The largest absolute Gasteiger partial charge is 0.348 e. The lowest BCUT2D eigenvalue weighted by atomic mass is 9.89. The number of fused-ring (bicyclic) bond motifs is 5. The number of imidazole rings is 1. The lowest BCUT2D eigenvalue weighted by Gasteiger charge is -2.20. The lowest BCUT2D eigenvalue weighted by molar-refractivity contribution is 0.955. The number of hydrogen-bond donors (Lipinski definition) is 4. The number of nitrogens with zero attached hydrogens (tertiary/aromatic N) is 9.